The summed E-state index contributed by atoms with van der Waals surface area (Å²) in [6.45, 7) is 4.83. The molecule has 0 rings (SSSR count). The molecule has 0 fully saturated rings. The summed E-state index contributed by atoms with van der Waals surface area (Å²) in [5.74, 6) is -0.172. The fraction of sp³-hybridized carbons (Fsp3) is 0.868. The van der Waals surface area contributed by atoms with Crippen molar-refractivity contribution in [2.45, 2.75) is 341 Å². The molecule has 0 radical (unpaired) electrons. The molecule has 454 valence electrons. The first-order valence-electron chi connectivity index (χ1n) is 33.5. The SMILES string of the molecule is CCCCCCC/C=C\C/C=C\C/C=C\CCCCCCCCCCCCCCCCCCCCCCCCCCCCC(=O)NC(COP(=O)(O)OCC[N+](C)(C)C)C(O)/C=C/CCCCCCCCCCCCCC. The Morgan fingerprint density at radius 3 is 1.08 bits per heavy atom. The molecule has 0 spiro atoms. The van der Waals surface area contributed by atoms with Crippen molar-refractivity contribution >= 4 is 13.7 Å². The van der Waals surface area contributed by atoms with E-state index >= 15 is 0 Å². The maximum Gasteiger partial charge on any atom is 0.472 e. The van der Waals surface area contributed by atoms with E-state index in [1.807, 2.05) is 27.2 Å². The van der Waals surface area contributed by atoms with E-state index in [-0.39, 0.29) is 19.1 Å². The molecule has 1 amide bonds. The number of carbonyl (C=O) groups excluding carboxylic acids is 1. The topological polar surface area (TPSA) is 105 Å². The third-order valence-corrected chi connectivity index (χ3v) is 16.3. The Morgan fingerprint density at radius 2 is 0.740 bits per heavy atom. The standard InChI is InChI=1S/C68H131N2O6P/c1-6-8-10-12-14-16-18-20-22-23-24-25-26-27-28-29-30-31-32-33-34-35-36-37-38-39-40-41-42-43-44-45-46-47-48-50-52-54-56-58-60-62-68(72)69-66(65-76-77(73,74)75-64-63-70(3,4)5)67(71)61-59-57-55-53-51-49-21-19-17-15-13-11-9-7-2/h18,20,23-24,26-27,59,61,66-67,71H,6-17,19,21-22,25,28-58,60,62-65H2,1-5H3,(H-,69,72,73,74)/p+1/b20-18-,24-23-,27-26-,61-59+. The van der Waals surface area contributed by atoms with Gasteiger partial charge in [-0.1, -0.05) is 313 Å². The van der Waals surface area contributed by atoms with Crippen LogP contribution in [0.3, 0.4) is 0 Å². The van der Waals surface area contributed by atoms with Gasteiger partial charge in [0.1, 0.15) is 13.2 Å². The molecule has 0 aromatic heterocycles. The molecule has 0 bridgehead atoms. The first-order valence-corrected chi connectivity index (χ1v) is 35.0. The number of aliphatic hydroxyl groups excluding tert-OH is 1. The zero-order valence-electron chi connectivity index (χ0n) is 52.0. The smallest absolute Gasteiger partial charge is 0.387 e. The number of hydrogen-bond donors (Lipinski definition) is 3. The van der Waals surface area contributed by atoms with E-state index in [1.54, 1.807) is 6.08 Å². The molecule has 9 heteroatoms. The molecule has 0 aliphatic heterocycles. The zero-order chi connectivity index (χ0) is 56.3. The monoisotopic (exact) mass is 1100 g/mol. The van der Waals surface area contributed by atoms with Crippen LogP contribution in [0.25, 0.3) is 0 Å². The van der Waals surface area contributed by atoms with Gasteiger partial charge in [0.15, 0.2) is 0 Å². The van der Waals surface area contributed by atoms with Gasteiger partial charge in [0.25, 0.3) is 0 Å². The molecule has 8 nitrogen and oxygen atoms in total. The number of phosphoric ester groups is 1. The Bertz CT molecular complexity index is 1390. The van der Waals surface area contributed by atoms with E-state index in [0.717, 1.165) is 51.4 Å². The lowest BCUT2D eigenvalue weighted by Crippen LogP contribution is -2.45. The molecule has 3 atom stereocenters. The third kappa shape index (κ3) is 61.9. The van der Waals surface area contributed by atoms with E-state index in [4.69, 9.17) is 9.05 Å². The zero-order valence-corrected chi connectivity index (χ0v) is 52.9. The Labute approximate surface area is 479 Å². The summed E-state index contributed by atoms with van der Waals surface area (Å²) < 4.78 is 23.7. The van der Waals surface area contributed by atoms with Crippen molar-refractivity contribution in [3.63, 3.8) is 0 Å². The summed E-state index contributed by atoms with van der Waals surface area (Å²) in [7, 11) is 1.58. The van der Waals surface area contributed by atoms with Gasteiger partial charge in [0, 0.05) is 6.42 Å². The van der Waals surface area contributed by atoms with Gasteiger partial charge in [-0.3, -0.25) is 13.8 Å². The van der Waals surface area contributed by atoms with Gasteiger partial charge in [-0.25, -0.2) is 4.57 Å². The minimum Gasteiger partial charge on any atom is -0.387 e. The van der Waals surface area contributed by atoms with Crippen LogP contribution in [0.1, 0.15) is 328 Å². The predicted octanol–water partition coefficient (Wildman–Crippen LogP) is 21.1. The van der Waals surface area contributed by atoms with E-state index in [1.165, 1.54) is 257 Å². The number of unbranched alkanes of at least 4 members (excludes halogenated alkanes) is 43. The molecular weight excluding hydrogens is 972 g/mol. The number of amides is 1. The quantitative estimate of drug-likeness (QED) is 0.0243. The summed E-state index contributed by atoms with van der Waals surface area (Å²) in [4.78, 5) is 23.3. The predicted molar refractivity (Wildman–Crippen MR) is 337 cm³/mol. The number of allylic oxidation sites excluding steroid dienone is 7. The van der Waals surface area contributed by atoms with Gasteiger partial charge in [0.05, 0.1) is 39.9 Å². The number of rotatable bonds is 62. The van der Waals surface area contributed by atoms with Crippen LogP contribution < -0.4 is 5.32 Å². The molecule has 3 unspecified atom stereocenters. The second kappa shape index (κ2) is 59.1. The second-order valence-corrected chi connectivity index (χ2v) is 25.7. The van der Waals surface area contributed by atoms with Gasteiger partial charge in [0.2, 0.25) is 5.91 Å². The highest BCUT2D eigenvalue weighted by molar-refractivity contribution is 7.47. The number of phosphoric acid groups is 1. The Balaban J connectivity index is 3.85. The van der Waals surface area contributed by atoms with E-state index in [9.17, 15) is 19.4 Å². The summed E-state index contributed by atoms with van der Waals surface area (Å²) >= 11 is 0. The van der Waals surface area contributed by atoms with Crippen LogP contribution in [-0.2, 0) is 18.4 Å². The van der Waals surface area contributed by atoms with Crippen molar-refractivity contribution in [1.82, 2.24) is 5.32 Å². The number of carbonyl (C=O) groups is 1. The van der Waals surface area contributed by atoms with Gasteiger partial charge >= 0.3 is 7.82 Å². The van der Waals surface area contributed by atoms with Crippen molar-refractivity contribution in [3.05, 3.63) is 48.6 Å². The van der Waals surface area contributed by atoms with Gasteiger partial charge in [-0.2, -0.15) is 0 Å². The largest absolute Gasteiger partial charge is 0.472 e. The van der Waals surface area contributed by atoms with Crippen molar-refractivity contribution in [3.8, 4) is 0 Å². The van der Waals surface area contributed by atoms with Gasteiger partial charge in [-0.15, -0.1) is 0 Å². The molecular formula is C68H132N2O6P+. The van der Waals surface area contributed by atoms with Gasteiger partial charge < -0.3 is 19.8 Å². The molecule has 77 heavy (non-hydrogen) atoms. The van der Waals surface area contributed by atoms with Crippen LogP contribution in [0.2, 0.25) is 0 Å². The highest BCUT2D eigenvalue weighted by atomic mass is 31.2. The average Bonchev–Trinajstić information content (AvgIpc) is 3.39. The minimum absolute atomic E-state index is 0.0632. The summed E-state index contributed by atoms with van der Waals surface area (Å²) in [6, 6.07) is -0.844. The number of nitrogens with one attached hydrogen (secondary N) is 1. The van der Waals surface area contributed by atoms with Crippen LogP contribution >= 0.6 is 7.82 Å². The maximum absolute atomic E-state index is 13.0. The highest BCUT2D eigenvalue weighted by Gasteiger charge is 2.28. The van der Waals surface area contributed by atoms with Crippen molar-refractivity contribution in [2.24, 2.45) is 0 Å². The number of hydrogen-bond acceptors (Lipinski definition) is 5. The van der Waals surface area contributed by atoms with Crippen molar-refractivity contribution in [2.75, 3.05) is 40.9 Å². The number of likely N-dealkylation sites (N-methyl/N-ethyl adjacent to an activating group) is 1. The fourth-order valence-electron chi connectivity index (χ4n) is 10.1. The molecule has 3 N–H and O–H groups in total. The second-order valence-electron chi connectivity index (χ2n) is 24.2. The molecule has 0 aromatic rings. The van der Waals surface area contributed by atoms with E-state index < -0.39 is 20.0 Å². The summed E-state index contributed by atoms with van der Waals surface area (Å²) in [5, 5.41) is 13.9. The van der Waals surface area contributed by atoms with Crippen LogP contribution in [0, 0.1) is 0 Å². The number of nitrogens with zero attached hydrogens (tertiary/aromatic N) is 1. The molecule has 0 aliphatic carbocycles. The first-order chi connectivity index (χ1) is 37.5. The Kier molecular flexibility index (Phi) is 57.9. The summed E-state index contributed by atoms with van der Waals surface area (Å²) in [5.41, 5.74) is 0. The molecule has 0 saturated carbocycles. The normalized spacial score (nSPS) is 14.0. The Morgan fingerprint density at radius 1 is 0.442 bits per heavy atom. The Hall–Kier alpha value is -1.54. The van der Waals surface area contributed by atoms with Crippen LogP contribution in [0.4, 0.5) is 0 Å². The molecule has 0 aromatic carbocycles. The maximum atomic E-state index is 13.0. The number of aliphatic hydroxyl groups is 1. The lowest BCUT2D eigenvalue weighted by Gasteiger charge is -2.25. The van der Waals surface area contributed by atoms with Crippen LogP contribution in [0.5, 0.6) is 0 Å². The lowest BCUT2D eigenvalue weighted by molar-refractivity contribution is -0.870. The van der Waals surface area contributed by atoms with E-state index in [0.29, 0.717) is 17.4 Å². The molecule has 0 saturated heterocycles. The van der Waals surface area contributed by atoms with Crippen molar-refractivity contribution < 1.29 is 32.9 Å². The molecule has 0 heterocycles. The van der Waals surface area contributed by atoms with Crippen molar-refractivity contribution in [1.29, 1.82) is 0 Å². The average molecular weight is 1100 g/mol. The lowest BCUT2D eigenvalue weighted by atomic mass is 10.0. The van der Waals surface area contributed by atoms with Gasteiger partial charge in [-0.05, 0) is 57.8 Å². The van der Waals surface area contributed by atoms with Crippen LogP contribution in [-0.4, -0.2) is 73.4 Å². The summed E-state index contributed by atoms with van der Waals surface area (Å²) in [6.07, 6.45) is 79.8. The minimum atomic E-state index is -4.34. The molecule has 0 aliphatic rings. The van der Waals surface area contributed by atoms with E-state index in [2.05, 4.69) is 55.6 Å². The van der Waals surface area contributed by atoms with Crippen LogP contribution in [0.15, 0.2) is 48.6 Å². The first kappa shape index (κ1) is 75.5. The third-order valence-electron chi connectivity index (χ3n) is 15.3. The fourth-order valence-corrected chi connectivity index (χ4v) is 10.8. The highest BCUT2D eigenvalue weighted by Crippen LogP contribution is 2.43. The number of quaternary nitrogens is 1.